The molecule has 6 N–H and O–H groups in total. The molecule has 0 amide bonds. The Kier molecular flexibility index (Phi) is 9.96. The van der Waals surface area contributed by atoms with E-state index >= 15 is 0 Å². The van der Waals surface area contributed by atoms with Gasteiger partial charge in [0.25, 0.3) is 6.01 Å². The zero-order valence-corrected chi connectivity index (χ0v) is 34.2. The molecule has 1 saturated heterocycles. The normalized spacial score (nSPS) is 14.9. The second-order valence-corrected chi connectivity index (χ2v) is 15.7. The summed E-state index contributed by atoms with van der Waals surface area (Å²) in [6, 6.07) is 12.0. The number of aryl methyl sites for hydroxylation is 1. The molecule has 0 saturated carbocycles. The SMILES string of the molecule is CC(C)n1nc(Br)c2c(N)ncnc21.CC1(C)OB(c2ccc3oc(N)nc3c2)OC1(C)C.Cc1nc2cc(-c3nn(C(C)C)c4ncnc(N)c34)ccc2o1. The monoisotopic (exact) mass is 823 g/mol. The Morgan fingerprint density at radius 3 is 1.89 bits per heavy atom. The summed E-state index contributed by atoms with van der Waals surface area (Å²) in [6.45, 7) is 18.1. The van der Waals surface area contributed by atoms with Gasteiger partial charge in [-0.05, 0) is 107 Å². The highest BCUT2D eigenvalue weighted by molar-refractivity contribution is 9.10. The van der Waals surface area contributed by atoms with Crippen molar-refractivity contribution in [2.75, 3.05) is 17.2 Å². The summed E-state index contributed by atoms with van der Waals surface area (Å²) in [4.78, 5) is 25.0. The van der Waals surface area contributed by atoms with Gasteiger partial charge in [-0.3, -0.25) is 0 Å². The fourth-order valence-electron chi connectivity index (χ4n) is 6.15. The highest BCUT2D eigenvalue weighted by atomic mass is 79.9. The van der Waals surface area contributed by atoms with E-state index in [2.05, 4.69) is 64.8 Å². The van der Waals surface area contributed by atoms with E-state index in [0.717, 1.165) is 49.9 Å². The first-order chi connectivity index (χ1) is 26.4. The van der Waals surface area contributed by atoms with Crippen LogP contribution in [0.2, 0.25) is 0 Å². The lowest BCUT2D eigenvalue weighted by molar-refractivity contribution is 0.00578. The van der Waals surface area contributed by atoms with E-state index in [0.29, 0.717) is 33.2 Å². The minimum Gasteiger partial charge on any atom is -0.441 e. The first-order valence-electron chi connectivity index (χ1n) is 18.0. The molecule has 1 aliphatic rings. The zero-order chi connectivity index (χ0) is 40.3. The van der Waals surface area contributed by atoms with Gasteiger partial charge >= 0.3 is 7.12 Å². The van der Waals surface area contributed by atoms with Gasteiger partial charge in [0.15, 0.2) is 28.4 Å². The summed E-state index contributed by atoms with van der Waals surface area (Å²) < 4.78 is 27.1. The van der Waals surface area contributed by atoms with E-state index in [-0.39, 0.29) is 29.3 Å². The Labute approximate surface area is 330 Å². The molecule has 17 nitrogen and oxygen atoms in total. The second-order valence-electron chi connectivity index (χ2n) is 14.9. The zero-order valence-electron chi connectivity index (χ0n) is 32.6. The number of rotatable bonds is 4. The maximum Gasteiger partial charge on any atom is 0.494 e. The average Bonchev–Trinajstić information content (AvgIpc) is 3.92. The van der Waals surface area contributed by atoms with Gasteiger partial charge in [0.2, 0.25) is 0 Å². The van der Waals surface area contributed by atoms with Gasteiger partial charge in [-0.25, -0.2) is 34.3 Å². The van der Waals surface area contributed by atoms with E-state index < -0.39 is 7.12 Å². The van der Waals surface area contributed by atoms with Crippen LogP contribution in [0.3, 0.4) is 0 Å². The van der Waals surface area contributed by atoms with Crippen molar-refractivity contribution in [3.05, 3.63) is 59.5 Å². The third kappa shape index (κ3) is 7.12. The van der Waals surface area contributed by atoms with E-state index in [4.69, 9.17) is 40.4 Å². The van der Waals surface area contributed by atoms with E-state index in [9.17, 15) is 0 Å². The molecule has 56 heavy (non-hydrogen) atoms. The third-order valence-corrected chi connectivity index (χ3v) is 10.2. The number of nitrogens with two attached hydrogens (primary N) is 3. The number of nitrogen functional groups attached to an aromatic ring is 3. The van der Waals surface area contributed by atoms with Crippen molar-refractivity contribution in [3.63, 3.8) is 0 Å². The number of halogens is 1. The Morgan fingerprint density at radius 1 is 0.696 bits per heavy atom. The summed E-state index contributed by atoms with van der Waals surface area (Å²) >= 11 is 3.34. The number of hydrogen-bond acceptors (Lipinski definition) is 15. The number of aromatic nitrogens is 10. The quantitative estimate of drug-likeness (QED) is 0.159. The first kappa shape index (κ1) is 38.6. The molecule has 0 unspecified atom stereocenters. The van der Waals surface area contributed by atoms with Crippen LogP contribution in [0, 0.1) is 6.92 Å². The lowest BCUT2D eigenvalue weighted by atomic mass is 9.79. The van der Waals surface area contributed by atoms with Crippen LogP contribution in [-0.4, -0.2) is 67.8 Å². The topological polar surface area (TPSA) is 236 Å². The molecular weight excluding hydrogens is 781 g/mol. The molecule has 290 valence electrons. The predicted octanol–water partition coefficient (Wildman–Crippen LogP) is 6.57. The average molecular weight is 825 g/mol. The molecule has 0 atom stereocenters. The Balaban J connectivity index is 0.000000133. The van der Waals surface area contributed by atoms with Gasteiger partial charge in [0, 0.05) is 24.6 Å². The van der Waals surface area contributed by atoms with Crippen LogP contribution in [0.15, 0.2) is 62.5 Å². The standard InChI is InChI=1S/C16H16N6O.C13H17BN2O3.C8H10BrN5/c1-8(2)22-16-13(15(17)18-7-19-16)14(21-22)10-4-5-12-11(6-10)20-9(3)23-12;1-12(2)13(3,4)19-14(18-12)8-5-6-10-9(7-8)16-11(15)17-10;1-4(2)14-8-5(6(9)13-14)7(10)11-3-12-8/h4-8H,1-3H3,(H2,17,18,19);5-7H,1-4H3,(H2,15,16);3-4H,1-2H3,(H2,10,11,12). The maximum absolute atomic E-state index is 6.09. The molecule has 1 fully saturated rings. The van der Waals surface area contributed by atoms with Crippen molar-refractivity contribution in [3.8, 4) is 11.3 Å². The fraction of sp³-hybridized carbons (Fsp3) is 0.351. The molecule has 8 aromatic rings. The summed E-state index contributed by atoms with van der Waals surface area (Å²) in [5, 5.41) is 10.6. The van der Waals surface area contributed by atoms with Crippen molar-refractivity contribution >= 4 is 90.4 Å². The molecule has 1 aliphatic heterocycles. The third-order valence-electron chi connectivity index (χ3n) is 9.69. The molecule has 6 aromatic heterocycles. The second kappa shape index (κ2) is 14.4. The van der Waals surface area contributed by atoms with Crippen LogP contribution >= 0.6 is 15.9 Å². The lowest BCUT2D eigenvalue weighted by Crippen LogP contribution is -2.41. The minimum absolute atomic E-state index is 0.165. The Morgan fingerprint density at radius 2 is 1.25 bits per heavy atom. The van der Waals surface area contributed by atoms with Crippen molar-refractivity contribution in [1.29, 1.82) is 0 Å². The van der Waals surface area contributed by atoms with Gasteiger partial charge in [-0.15, -0.1) is 0 Å². The van der Waals surface area contributed by atoms with Crippen LogP contribution in [0.5, 0.6) is 0 Å². The predicted molar refractivity (Wildman–Crippen MR) is 220 cm³/mol. The maximum atomic E-state index is 6.09. The molecule has 0 aliphatic carbocycles. The number of fused-ring (bicyclic) bond motifs is 4. The van der Waals surface area contributed by atoms with E-state index in [1.807, 2.05) is 94.2 Å². The fourth-order valence-corrected chi connectivity index (χ4v) is 6.70. The molecule has 2 aromatic carbocycles. The summed E-state index contributed by atoms with van der Waals surface area (Å²) in [5.74, 6) is 1.51. The van der Waals surface area contributed by atoms with E-state index in [1.165, 1.54) is 12.7 Å². The summed E-state index contributed by atoms with van der Waals surface area (Å²) in [7, 11) is -0.396. The number of anilines is 3. The van der Waals surface area contributed by atoms with Crippen LogP contribution in [0.1, 0.15) is 73.4 Å². The van der Waals surface area contributed by atoms with Crippen molar-refractivity contribution < 1.29 is 18.1 Å². The molecule has 0 bridgehead atoms. The summed E-state index contributed by atoms with van der Waals surface area (Å²) in [5.41, 5.74) is 23.7. The highest BCUT2D eigenvalue weighted by Gasteiger charge is 2.51. The van der Waals surface area contributed by atoms with Crippen molar-refractivity contribution in [1.82, 2.24) is 49.5 Å². The number of oxazole rings is 2. The minimum atomic E-state index is -0.396. The summed E-state index contributed by atoms with van der Waals surface area (Å²) in [6.07, 6.45) is 2.91. The smallest absolute Gasteiger partial charge is 0.441 e. The van der Waals surface area contributed by atoms with Crippen LogP contribution in [-0.2, 0) is 9.31 Å². The van der Waals surface area contributed by atoms with Crippen LogP contribution in [0.25, 0.3) is 55.5 Å². The molecule has 0 spiro atoms. The van der Waals surface area contributed by atoms with Crippen LogP contribution < -0.4 is 22.7 Å². The Bertz CT molecular complexity index is 2700. The molecule has 9 rings (SSSR count). The largest absolute Gasteiger partial charge is 0.494 e. The van der Waals surface area contributed by atoms with E-state index in [1.54, 1.807) is 0 Å². The van der Waals surface area contributed by atoms with Gasteiger partial charge in [-0.2, -0.15) is 15.2 Å². The van der Waals surface area contributed by atoms with Crippen molar-refractivity contribution in [2.45, 2.75) is 85.6 Å². The Hall–Kier alpha value is -5.66. The van der Waals surface area contributed by atoms with Gasteiger partial charge in [-0.1, -0.05) is 6.07 Å². The van der Waals surface area contributed by atoms with Gasteiger partial charge < -0.3 is 35.3 Å². The number of nitrogens with zero attached hydrogens (tertiary/aromatic N) is 10. The lowest BCUT2D eigenvalue weighted by Gasteiger charge is -2.32. The van der Waals surface area contributed by atoms with Crippen LogP contribution in [0.4, 0.5) is 17.7 Å². The molecule has 0 radical (unpaired) electrons. The highest BCUT2D eigenvalue weighted by Crippen LogP contribution is 2.37. The van der Waals surface area contributed by atoms with Gasteiger partial charge in [0.1, 0.15) is 45.6 Å². The van der Waals surface area contributed by atoms with Gasteiger partial charge in [0.05, 0.1) is 22.0 Å². The molecule has 19 heteroatoms. The first-order valence-corrected chi connectivity index (χ1v) is 18.8. The molecular formula is C37H43BBrN13O4. The number of hydrogen-bond donors (Lipinski definition) is 3. The van der Waals surface area contributed by atoms with Crippen molar-refractivity contribution in [2.24, 2.45) is 0 Å². The molecule has 7 heterocycles. The number of benzene rings is 2.